The molecule has 0 rings (SSSR count). The summed E-state index contributed by atoms with van der Waals surface area (Å²) in [5.41, 5.74) is 0. The van der Waals surface area contributed by atoms with Gasteiger partial charge in [0.2, 0.25) is 0 Å². The molecule has 2 N–H and O–H groups in total. The van der Waals surface area contributed by atoms with Crippen LogP contribution in [0, 0.1) is 0 Å². The van der Waals surface area contributed by atoms with Gasteiger partial charge in [0, 0.05) is 19.6 Å². The average Bonchev–Trinajstić information content (AvgIpc) is 2.16. The summed E-state index contributed by atoms with van der Waals surface area (Å²) in [6, 6.07) is -0.309. The van der Waals surface area contributed by atoms with E-state index in [1.807, 2.05) is 0 Å². The summed E-state index contributed by atoms with van der Waals surface area (Å²) in [5.74, 6) is -0.936. The van der Waals surface area contributed by atoms with Gasteiger partial charge in [0.05, 0.1) is 6.42 Å². The van der Waals surface area contributed by atoms with Crippen molar-refractivity contribution in [1.29, 1.82) is 0 Å². The standard InChI is InChI=1S/C10H16N2O3/c1-3-7-12(8-4-2)10(15)11-6-5-9(13)14/h3-4H,1-2,5-8H2,(H,11,15)(H,13,14). The minimum atomic E-state index is -0.936. The highest BCUT2D eigenvalue weighted by molar-refractivity contribution is 5.75. The number of carbonyl (C=O) groups excluding carboxylic acids is 1. The number of carbonyl (C=O) groups is 2. The molecular formula is C10H16N2O3. The number of hydrogen-bond acceptors (Lipinski definition) is 2. The molecule has 15 heavy (non-hydrogen) atoms. The van der Waals surface area contributed by atoms with Crippen LogP contribution in [0.15, 0.2) is 25.3 Å². The maximum absolute atomic E-state index is 11.4. The molecule has 0 fully saturated rings. The second kappa shape index (κ2) is 7.61. The lowest BCUT2D eigenvalue weighted by molar-refractivity contribution is -0.136. The monoisotopic (exact) mass is 212 g/mol. The second-order valence-corrected chi connectivity index (χ2v) is 2.86. The van der Waals surface area contributed by atoms with E-state index < -0.39 is 5.97 Å². The lowest BCUT2D eigenvalue weighted by Crippen LogP contribution is -2.40. The van der Waals surface area contributed by atoms with Gasteiger partial charge in [-0.15, -0.1) is 13.2 Å². The van der Waals surface area contributed by atoms with E-state index in [-0.39, 0.29) is 19.0 Å². The van der Waals surface area contributed by atoms with Gasteiger partial charge < -0.3 is 15.3 Å². The fourth-order valence-electron chi connectivity index (χ4n) is 0.940. The van der Waals surface area contributed by atoms with Crippen molar-refractivity contribution in [2.45, 2.75) is 6.42 Å². The third kappa shape index (κ3) is 6.31. The molecule has 5 heteroatoms. The summed E-state index contributed by atoms with van der Waals surface area (Å²) in [6.07, 6.45) is 3.11. The zero-order valence-corrected chi connectivity index (χ0v) is 8.61. The van der Waals surface area contributed by atoms with E-state index in [2.05, 4.69) is 18.5 Å². The van der Waals surface area contributed by atoms with E-state index in [0.717, 1.165) is 0 Å². The first kappa shape index (κ1) is 13.2. The fraction of sp³-hybridized carbons (Fsp3) is 0.400. The summed E-state index contributed by atoms with van der Waals surface area (Å²) >= 11 is 0. The van der Waals surface area contributed by atoms with E-state index in [1.54, 1.807) is 12.2 Å². The summed E-state index contributed by atoms with van der Waals surface area (Å²) in [4.78, 5) is 23.1. The number of aliphatic carboxylic acids is 1. The molecule has 0 aliphatic heterocycles. The van der Waals surface area contributed by atoms with Crippen LogP contribution in [-0.4, -0.2) is 41.6 Å². The maximum Gasteiger partial charge on any atom is 0.317 e. The van der Waals surface area contributed by atoms with E-state index in [9.17, 15) is 9.59 Å². The van der Waals surface area contributed by atoms with Crippen molar-refractivity contribution in [2.75, 3.05) is 19.6 Å². The van der Waals surface area contributed by atoms with Gasteiger partial charge in [0.15, 0.2) is 0 Å². The molecule has 2 amide bonds. The molecule has 0 aromatic rings. The Labute approximate surface area is 89.1 Å². The highest BCUT2D eigenvalue weighted by Gasteiger charge is 2.09. The summed E-state index contributed by atoms with van der Waals surface area (Å²) < 4.78 is 0. The molecule has 0 aliphatic rings. The first-order valence-electron chi connectivity index (χ1n) is 4.58. The van der Waals surface area contributed by atoms with Crippen molar-refractivity contribution in [2.24, 2.45) is 0 Å². The number of carboxylic acid groups (broad SMARTS) is 1. The van der Waals surface area contributed by atoms with Gasteiger partial charge in [-0.05, 0) is 0 Å². The molecule has 0 aromatic carbocycles. The Morgan fingerprint density at radius 1 is 1.27 bits per heavy atom. The quantitative estimate of drug-likeness (QED) is 0.614. The van der Waals surface area contributed by atoms with Crippen LogP contribution in [0.3, 0.4) is 0 Å². The van der Waals surface area contributed by atoms with Crippen molar-refractivity contribution < 1.29 is 14.7 Å². The topological polar surface area (TPSA) is 69.6 Å². The highest BCUT2D eigenvalue weighted by atomic mass is 16.4. The molecule has 0 saturated heterocycles. The summed E-state index contributed by atoms with van der Waals surface area (Å²) in [6.45, 7) is 7.99. The normalized spacial score (nSPS) is 9.07. The average molecular weight is 212 g/mol. The van der Waals surface area contributed by atoms with Gasteiger partial charge >= 0.3 is 12.0 Å². The van der Waals surface area contributed by atoms with E-state index >= 15 is 0 Å². The molecule has 0 bridgehead atoms. The van der Waals surface area contributed by atoms with Gasteiger partial charge in [-0.25, -0.2) is 4.79 Å². The molecule has 84 valence electrons. The number of nitrogens with zero attached hydrogens (tertiary/aromatic N) is 1. The predicted molar refractivity (Wildman–Crippen MR) is 57.6 cm³/mol. The Morgan fingerprint density at radius 3 is 2.20 bits per heavy atom. The van der Waals surface area contributed by atoms with Crippen LogP contribution in [0.25, 0.3) is 0 Å². The van der Waals surface area contributed by atoms with Crippen molar-refractivity contribution >= 4 is 12.0 Å². The Hall–Kier alpha value is -1.78. The molecule has 0 saturated carbocycles. The molecule has 0 heterocycles. The molecule has 5 nitrogen and oxygen atoms in total. The van der Waals surface area contributed by atoms with Crippen LogP contribution in [0.5, 0.6) is 0 Å². The Kier molecular flexibility index (Phi) is 6.70. The third-order valence-electron chi connectivity index (χ3n) is 1.60. The van der Waals surface area contributed by atoms with Crippen molar-refractivity contribution in [3.8, 4) is 0 Å². The zero-order chi connectivity index (χ0) is 11.7. The smallest absolute Gasteiger partial charge is 0.317 e. The second-order valence-electron chi connectivity index (χ2n) is 2.86. The number of nitrogens with one attached hydrogen (secondary N) is 1. The molecule has 0 aliphatic carbocycles. The first-order valence-corrected chi connectivity index (χ1v) is 4.58. The van der Waals surface area contributed by atoms with Crippen LogP contribution in [0.4, 0.5) is 4.79 Å². The van der Waals surface area contributed by atoms with Crippen LogP contribution >= 0.6 is 0 Å². The van der Waals surface area contributed by atoms with Crippen molar-refractivity contribution in [3.05, 3.63) is 25.3 Å². The number of hydrogen-bond donors (Lipinski definition) is 2. The number of urea groups is 1. The van der Waals surface area contributed by atoms with Crippen LogP contribution in [-0.2, 0) is 4.79 Å². The van der Waals surface area contributed by atoms with Crippen molar-refractivity contribution in [1.82, 2.24) is 10.2 Å². The minimum absolute atomic E-state index is 0.0816. The lowest BCUT2D eigenvalue weighted by atomic mass is 10.4. The minimum Gasteiger partial charge on any atom is -0.481 e. The van der Waals surface area contributed by atoms with E-state index in [1.165, 1.54) is 4.90 Å². The molecule has 0 unspecified atom stereocenters. The van der Waals surface area contributed by atoms with Gasteiger partial charge in [0.25, 0.3) is 0 Å². The van der Waals surface area contributed by atoms with Crippen LogP contribution < -0.4 is 5.32 Å². The highest BCUT2D eigenvalue weighted by Crippen LogP contribution is 1.90. The van der Waals surface area contributed by atoms with E-state index in [0.29, 0.717) is 13.1 Å². The third-order valence-corrected chi connectivity index (χ3v) is 1.60. The first-order chi connectivity index (χ1) is 7.11. The lowest BCUT2D eigenvalue weighted by Gasteiger charge is -2.19. The molecular weight excluding hydrogens is 196 g/mol. The summed E-state index contributed by atoms with van der Waals surface area (Å²) in [5, 5.41) is 10.9. The number of rotatable bonds is 7. The molecule has 0 radical (unpaired) electrons. The number of carboxylic acids is 1. The Morgan fingerprint density at radius 2 is 1.80 bits per heavy atom. The number of amides is 2. The predicted octanol–water partition coefficient (Wildman–Crippen LogP) is 0.845. The maximum atomic E-state index is 11.4. The zero-order valence-electron chi connectivity index (χ0n) is 8.61. The molecule has 0 spiro atoms. The Bertz CT molecular complexity index is 241. The van der Waals surface area contributed by atoms with Crippen LogP contribution in [0.2, 0.25) is 0 Å². The Balaban J connectivity index is 3.95. The fourth-order valence-corrected chi connectivity index (χ4v) is 0.940. The van der Waals surface area contributed by atoms with Gasteiger partial charge in [-0.3, -0.25) is 4.79 Å². The summed E-state index contributed by atoms with van der Waals surface area (Å²) in [7, 11) is 0. The van der Waals surface area contributed by atoms with Gasteiger partial charge in [-0.2, -0.15) is 0 Å². The molecule has 0 aromatic heterocycles. The SMILES string of the molecule is C=CCN(CC=C)C(=O)NCCC(=O)O. The van der Waals surface area contributed by atoms with Crippen LogP contribution in [0.1, 0.15) is 6.42 Å². The molecule has 0 atom stereocenters. The van der Waals surface area contributed by atoms with Gasteiger partial charge in [0.1, 0.15) is 0 Å². The largest absolute Gasteiger partial charge is 0.481 e. The van der Waals surface area contributed by atoms with Crippen molar-refractivity contribution in [3.63, 3.8) is 0 Å². The van der Waals surface area contributed by atoms with Gasteiger partial charge in [-0.1, -0.05) is 12.2 Å². The van der Waals surface area contributed by atoms with E-state index in [4.69, 9.17) is 5.11 Å².